The van der Waals surface area contributed by atoms with Crippen molar-refractivity contribution in [3.63, 3.8) is 0 Å². The van der Waals surface area contributed by atoms with Crippen molar-refractivity contribution in [3.05, 3.63) is 83.4 Å². The van der Waals surface area contributed by atoms with Crippen LogP contribution in [0.3, 0.4) is 0 Å². The molecule has 0 aromatic heterocycles. The number of hydrogen-bond donors (Lipinski definition) is 0. The summed E-state index contributed by atoms with van der Waals surface area (Å²) in [5.74, 6) is 0.976. The molecule has 0 saturated heterocycles. The number of rotatable bonds is 5. The molecule has 4 rings (SSSR count). The number of benzene rings is 3. The van der Waals surface area contributed by atoms with E-state index >= 15 is 0 Å². The van der Waals surface area contributed by atoms with Crippen LogP contribution in [0.4, 0.5) is 0 Å². The third-order valence-electron chi connectivity index (χ3n) is 4.40. The molecule has 0 spiro atoms. The summed E-state index contributed by atoms with van der Waals surface area (Å²) in [6.07, 6.45) is 4.43. The minimum atomic E-state index is 0.0480. The Bertz CT molecular complexity index is 883. The van der Waals surface area contributed by atoms with Gasteiger partial charge in [0.2, 0.25) is 0 Å². The van der Waals surface area contributed by atoms with Crippen LogP contribution in [0.2, 0.25) is 0 Å². The smallest absolute Gasteiger partial charge is 0.103 e. The van der Waals surface area contributed by atoms with Gasteiger partial charge in [0.25, 0.3) is 0 Å². The fraction of sp³-hybridized carbons (Fsp3) is 0.182. The van der Waals surface area contributed by atoms with Gasteiger partial charge in [-0.2, -0.15) is 0 Å². The lowest BCUT2D eigenvalue weighted by Crippen LogP contribution is -2.07. The molecular weight excluding hydrogens is 312 g/mol. The quantitative estimate of drug-likeness (QED) is 0.512. The van der Waals surface area contributed by atoms with Crippen molar-refractivity contribution in [1.82, 2.24) is 0 Å². The number of hydrogen-bond acceptors (Lipinski definition) is 2. The van der Waals surface area contributed by atoms with Crippen molar-refractivity contribution in [2.24, 2.45) is 0 Å². The van der Waals surface area contributed by atoms with Gasteiger partial charge in [0.15, 0.2) is 0 Å². The molecule has 0 heterocycles. The van der Waals surface area contributed by atoms with E-state index in [1.807, 2.05) is 11.8 Å². The zero-order valence-electron chi connectivity index (χ0n) is 13.7. The summed E-state index contributed by atoms with van der Waals surface area (Å²) in [6.45, 7) is 2.78. The van der Waals surface area contributed by atoms with Crippen molar-refractivity contribution in [2.45, 2.75) is 23.7 Å². The molecular formula is C22H20OS. The molecule has 0 N–H and O–H groups in total. The Labute approximate surface area is 147 Å². The second-order valence-corrected chi connectivity index (χ2v) is 6.95. The van der Waals surface area contributed by atoms with E-state index in [-0.39, 0.29) is 6.10 Å². The van der Waals surface area contributed by atoms with E-state index in [1.165, 1.54) is 32.4 Å². The fourth-order valence-corrected chi connectivity index (χ4v) is 4.36. The van der Waals surface area contributed by atoms with Crippen molar-refractivity contribution in [3.8, 4) is 0 Å². The first kappa shape index (κ1) is 15.5. The first-order valence-electron chi connectivity index (χ1n) is 8.39. The Balaban J connectivity index is 1.76. The summed E-state index contributed by atoms with van der Waals surface area (Å²) in [5.41, 5.74) is 3.97. The van der Waals surface area contributed by atoms with Crippen LogP contribution >= 0.6 is 11.8 Å². The average Bonchev–Trinajstić information content (AvgIpc) is 2.64. The van der Waals surface area contributed by atoms with Gasteiger partial charge in [-0.3, -0.25) is 0 Å². The predicted octanol–water partition coefficient (Wildman–Crippen LogP) is 6.24. The first-order chi connectivity index (χ1) is 11.9. The van der Waals surface area contributed by atoms with E-state index in [4.69, 9.17) is 4.74 Å². The van der Waals surface area contributed by atoms with E-state index < -0.39 is 0 Å². The van der Waals surface area contributed by atoms with Gasteiger partial charge in [-0.05, 0) is 34.9 Å². The van der Waals surface area contributed by atoms with Crippen LogP contribution in [0, 0.1) is 0 Å². The summed E-state index contributed by atoms with van der Waals surface area (Å²) in [4.78, 5) is 1.32. The molecule has 24 heavy (non-hydrogen) atoms. The monoisotopic (exact) mass is 332 g/mol. The van der Waals surface area contributed by atoms with Gasteiger partial charge in [-0.15, -0.1) is 11.8 Å². The molecule has 0 saturated carbocycles. The fourth-order valence-electron chi connectivity index (χ4n) is 3.31. The van der Waals surface area contributed by atoms with E-state index in [0.717, 1.165) is 12.4 Å². The average molecular weight is 332 g/mol. The molecule has 0 amide bonds. The minimum absolute atomic E-state index is 0.0480. The van der Waals surface area contributed by atoms with Crippen LogP contribution in [0.5, 0.6) is 0 Å². The van der Waals surface area contributed by atoms with Gasteiger partial charge < -0.3 is 4.74 Å². The summed E-state index contributed by atoms with van der Waals surface area (Å²) < 4.78 is 6.02. The number of ether oxygens (including phenoxy) is 1. The molecule has 0 aliphatic heterocycles. The Morgan fingerprint density at radius 2 is 1.83 bits per heavy atom. The van der Waals surface area contributed by atoms with Crippen LogP contribution in [0.1, 0.15) is 29.7 Å². The third kappa shape index (κ3) is 2.88. The van der Waals surface area contributed by atoms with Gasteiger partial charge in [-0.25, -0.2) is 0 Å². The SMILES string of the molecule is CCOC1C=Cc2cccc3ccc(SCc4ccccc4)c1c23. The molecule has 3 aromatic carbocycles. The molecule has 3 aromatic rings. The lowest BCUT2D eigenvalue weighted by Gasteiger charge is -2.24. The molecule has 1 nitrogen and oxygen atoms in total. The summed E-state index contributed by atoms with van der Waals surface area (Å²) in [6, 6.07) is 21.6. The van der Waals surface area contributed by atoms with Gasteiger partial charge in [0, 0.05) is 22.8 Å². The second kappa shape index (κ2) is 6.84. The highest BCUT2D eigenvalue weighted by molar-refractivity contribution is 7.98. The van der Waals surface area contributed by atoms with Gasteiger partial charge >= 0.3 is 0 Å². The van der Waals surface area contributed by atoms with E-state index in [9.17, 15) is 0 Å². The van der Waals surface area contributed by atoms with Crippen molar-refractivity contribution in [1.29, 1.82) is 0 Å². The maximum atomic E-state index is 6.02. The van der Waals surface area contributed by atoms with Crippen molar-refractivity contribution >= 4 is 28.6 Å². The molecule has 1 unspecified atom stereocenters. The molecule has 0 fully saturated rings. The Kier molecular flexibility index (Phi) is 4.42. The van der Waals surface area contributed by atoms with Crippen molar-refractivity contribution < 1.29 is 4.74 Å². The molecule has 1 aliphatic carbocycles. The highest BCUT2D eigenvalue weighted by Gasteiger charge is 2.21. The van der Waals surface area contributed by atoms with Gasteiger partial charge in [-0.1, -0.05) is 66.7 Å². The zero-order valence-corrected chi connectivity index (χ0v) is 14.6. The maximum absolute atomic E-state index is 6.02. The van der Waals surface area contributed by atoms with Gasteiger partial charge in [0.05, 0.1) is 0 Å². The van der Waals surface area contributed by atoms with Crippen LogP contribution in [0.15, 0.2) is 71.6 Å². The largest absolute Gasteiger partial charge is 0.370 e. The zero-order chi connectivity index (χ0) is 16.4. The topological polar surface area (TPSA) is 9.23 Å². The first-order valence-corrected chi connectivity index (χ1v) is 9.37. The predicted molar refractivity (Wildman–Crippen MR) is 103 cm³/mol. The summed E-state index contributed by atoms with van der Waals surface area (Å²) >= 11 is 1.90. The molecule has 0 bridgehead atoms. The Morgan fingerprint density at radius 3 is 2.67 bits per heavy atom. The molecule has 0 radical (unpaired) electrons. The molecule has 1 atom stereocenters. The van der Waals surface area contributed by atoms with E-state index in [1.54, 1.807) is 0 Å². The summed E-state index contributed by atoms with van der Waals surface area (Å²) in [7, 11) is 0. The van der Waals surface area contributed by atoms with Gasteiger partial charge in [0.1, 0.15) is 6.10 Å². The lowest BCUT2D eigenvalue weighted by atomic mass is 9.91. The molecule has 1 aliphatic rings. The normalized spacial score (nSPS) is 15.8. The lowest BCUT2D eigenvalue weighted by molar-refractivity contribution is 0.0962. The second-order valence-electron chi connectivity index (χ2n) is 5.93. The van der Waals surface area contributed by atoms with Crippen LogP contribution in [-0.4, -0.2) is 6.61 Å². The van der Waals surface area contributed by atoms with E-state index in [2.05, 4.69) is 79.7 Å². The molecule has 120 valence electrons. The Morgan fingerprint density at radius 1 is 0.958 bits per heavy atom. The highest BCUT2D eigenvalue weighted by Crippen LogP contribution is 2.41. The number of thioether (sulfide) groups is 1. The Hall–Kier alpha value is -2.03. The van der Waals surface area contributed by atoms with E-state index in [0.29, 0.717) is 0 Å². The standard InChI is InChI=1S/C22H20OS/c1-2-23-19-13-11-17-9-6-10-18-12-14-20(22(19)21(17)18)24-15-16-7-4-3-5-8-16/h3-14,19H,2,15H2,1H3. The van der Waals surface area contributed by atoms with Crippen LogP contribution < -0.4 is 0 Å². The summed E-state index contributed by atoms with van der Waals surface area (Å²) in [5, 5.41) is 2.64. The highest BCUT2D eigenvalue weighted by atomic mass is 32.2. The molecule has 2 heteroatoms. The van der Waals surface area contributed by atoms with Crippen molar-refractivity contribution in [2.75, 3.05) is 6.61 Å². The van der Waals surface area contributed by atoms with Crippen LogP contribution in [0.25, 0.3) is 16.8 Å². The maximum Gasteiger partial charge on any atom is 0.103 e. The van der Waals surface area contributed by atoms with Crippen LogP contribution in [-0.2, 0) is 10.5 Å². The third-order valence-corrected chi connectivity index (χ3v) is 5.54. The minimum Gasteiger partial charge on any atom is -0.370 e.